The summed E-state index contributed by atoms with van der Waals surface area (Å²) in [5.74, 6) is 1.58. The maximum Gasteiger partial charge on any atom is 0.222 e. The molecule has 10 heteroatoms. The molecule has 3 aromatic heterocycles. The number of carbonyl (C=O) groups is 1. The maximum absolute atomic E-state index is 12.5. The first-order chi connectivity index (χ1) is 17.7. The van der Waals surface area contributed by atoms with Crippen molar-refractivity contribution < 1.29 is 14.6 Å². The quantitative estimate of drug-likeness (QED) is 0.455. The van der Waals surface area contributed by atoms with Crippen LogP contribution in [0.2, 0.25) is 0 Å². The highest BCUT2D eigenvalue weighted by Crippen LogP contribution is 2.31. The number of fused-ring (bicyclic) bond motifs is 1. The Morgan fingerprint density at radius 1 is 1.27 bits per heavy atom. The Labute approximate surface area is 217 Å². The number of amides is 1. The summed E-state index contributed by atoms with van der Waals surface area (Å²) in [7, 11) is 1.91. The predicted octanol–water partition coefficient (Wildman–Crippen LogP) is 2.45. The SMILES string of the molecule is CNC(C)CCC(=O)N1CCN(c2ccc(-c3cc(OCC(C)(C)O)cn4ncc(C#N)c34)cn2)CC1. The molecule has 37 heavy (non-hydrogen) atoms. The van der Waals surface area contributed by atoms with Crippen LogP contribution in [0.4, 0.5) is 5.82 Å². The molecule has 4 rings (SSSR count). The highest BCUT2D eigenvalue weighted by molar-refractivity contribution is 5.85. The van der Waals surface area contributed by atoms with Crippen LogP contribution in [-0.4, -0.2) is 82.0 Å². The first kappa shape index (κ1) is 26.4. The number of anilines is 1. The van der Waals surface area contributed by atoms with Crippen LogP contribution in [0.3, 0.4) is 0 Å². The van der Waals surface area contributed by atoms with Gasteiger partial charge < -0.3 is 25.0 Å². The molecule has 196 valence electrons. The lowest BCUT2D eigenvalue weighted by molar-refractivity contribution is -0.131. The molecule has 0 aliphatic carbocycles. The zero-order valence-electron chi connectivity index (χ0n) is 21.9. The zero-order valence-corrected chi connectivity index (χ0v) is 21.9. The summed E-state index contributed by atoms with van der Waals surface area (Å²) in [6.45, 7) is 8.37. The number of carbonyl (C=O) groups excluding carboxylic acids is 1. The van der Waals surface area contributed by atoms with E-state index in [4.69, 9.17) is 9.72 Å². The Balaban J connectivity index is 1.49. The smallest absolute Gasteiger partial charge is 0.222 e. The van der Waals surface area contributed by atoms with Crippen LogP contribution in [0.15, 0.2) is 36.8 Å². The van der Waals surface area contributed by atoms with Gasteiger partial charge in [-0.25, -0.2) is 9.50 Å². The van der Waals surface area contributed by atoms with E-state index in [1.165, 1.54) is 6.20 Å². The summed E-state index contributed by atoms with van der Waals surface area (Å²) < 4.78 is 7.43. The van der Waals surface area contributed by atoms with Gasteiger partial charge in [0.05, 0.1) is 29.1 Å². The van der Waals surface area contributed by atoms with Crippen molar-refractivity contribution in [1.82, 2.24) is 24.8 Å². The lowest BCUT2D eigenvalue weighted by Gasteiger charge is -2.35. The Morgan fingerprint density at radius 2 is 2.03 bits per heavy atom. The molecule has 1 amide bonds. The molecule has 3 aromatic rings. The second kappa shape index (κ2) is 11.2. The van der Waals surface area contributed by atoms with Gasteiger partial charge >= 0.3 is 0 Å². The molecule has 2 N–H and O–H groups in total. The minimum Gasteiger partial charge on any atom is -0.489 e. The van der Waals surface area contributed by atoms with Gasteiger partial charge in [-0.15, -0.1) is 0 Å². The molecule has 0 radical (unpaired) electrons. The van der Waals surface area contributed by atoms with Crippen molar-refractivity contribution in [1.29, 1.82) is 5.26 Å². The fraction of sp³-hybridized carbons (Fsp3) is 0.481. The van der Waals surface area contributed by atoms with Crippen LogP contribution < -0.4 is 15.0 Å². The molecule has 0 bridgehead atoms. The number of piperazine rings is 1. The minimum atomic E-state index is -0.986. The summed E-state index contributed by atoms with van der Waals surface area (Å²) in [6.07, 6.45) is 6.41. The standard InChI is InChI=1S/C27H35N7O3/c1-19(29-4)5-8-25(35)33-11-9-32(10-12-33)24-7-6-20(15-30-24)23-13-22(37-18-27(2,3)36)17-34-26(23)21(14-28)16-31-34/h6-7,13,15-17,19,29,36H,5,8-12,18H2,1-4H3. The third kappa shape index (κ3) is 6.37. The van der Waals surface area contributed by atoms with Gasteiger partial charge in [0.15, 0.2) is 0 Å². The van der Waals surface area contributed by atoms with Crippen molar-refractivity contribution >= 4 is 17.2 Å². The molecule has 1 aliphatic rings. The van der Waals surface area contributed by atoms with Crippen molar-refractivity contribution in [2.75, 3.05) is 44.7 Å². The lowest BCUT2D eigenvalue weighted by atomic mass is 10.1. The molecular weight excluding hydrogens is 470 g/mol. The first-order valence-corrected chi connectivity index (χ1v) is 12.6. The fourth-order valence-electron chi connectivity index (χ4n) is 4.30. The van der Waals surface area contributed by atoms with Crippen LogP contribution in [-0.2, 0) is 4.79 Å². The highest BCUT2D eigenvalue weighted by Gasteiger charge is 2.22. The zero-order chi connectivity index (χ0) is 26.6. The number of hydrogen-bond donors (Lipinski definition) is 2. The summed E-state index contributed by atoms with van der Waals surface area (Å²) in [5, 5.41) is 27.1. The minimum absolute atomic E-state index is 0.116. The molecule has 4 heterocycles. The number of aromatic nitrogens is 3. The van der Waals surface area contributed by atoms with Crippen LogP contribution >= 0.6 is 0 Å². The summed E-state index contributed by atoms with van der Waals surface area (Å²) in [6, 6.07) is 8.31. The Morgan fingerprint density at radius 3 is 2.65 bits per heavy atom. The molecule has 1 fully saturated rings. The summed E-state index contributed by atoms with van der Waals surface area (Å²) in [4.78, 5) is 21.4. The topological polar surface area (TPSA) is 119 Å². The Kier molecular flexibility index (Phi) is 7.95. The van der Waals surface area contributed by atoms with E-state index in [2.05, 4.69) is 28.3 Å². The second-order valence-corrected chi connectivity index (χ2v) is 10.2. The molecule has 1 unspecified atom stereocenters. The highest BCUT2D eigenvalue weighted by atomic mass is 16.5. The molecular formula is C27H35N7O3. The maximum atomic E-state index is 12.5. The molecule has 0 aromatic carbocycles. The summed E-state index contributed by atoms with van der Waals surface area (Å²) in [5.41, 5.74) is 1.74. The average Bonchev–Trinajstić information content (AvgIpc) is 3.33. The molecule has 1 saturated heterocycles. The number of pyridine rings is 2. The lowest BCUT2D eigenvalue weighted by Crippen LogP contribution is -2.49. The van der Waals surface area contributed by atoms with E-state index in [1.54, 1.807) is 30.8 Å². The summed E-state index contributed by atoms with van der Waals surface area (Å²) >= 11 is 0. The van der Waals surface area contributed by atoms with Crippen LogP contribution in [0.1, 0.15) is 39.2 Å². The van der Waals surface area contributed by atoms with E-state index < -0.39 is 5.60 Å². The molecule has 0 spiro atoms. The van der Waals surface area contributed by atoms with Crippen molar-refractivity contribution in [2.45, 2.75) is 45.3 Å². The average molecular weight is 506 g/mol. The second-order valence-electron chi connectivity index (χ2n) is 10.2. The van der Waals surface area contributed by atoms with E-state index in [-0.39, 0.29) is 12.5 Å². The largest absolute Gasteiger partial charge is 0.489 e. The number of rotatable bonds is 9. The van der Waals surface area contributed by atoms with Crippen LogP contribution in [0.5, 0.6) is 5.75 Å². The van der Waals surface area contributed by atoms with Gasteiger partial charge in [0, 0.05) is 56.0 Å². The van der Waals surface area contributed by atoms with E-state index >= 15 is 0 Å². The molecule has 10 nitrogen and oxygen atoms in total. The first-order valence-electron chi connectivity index (χ1n) is 12.6. The van der Waals surface area contributed by atoms with Crippen molar-refractivity contribution in [2.24, 2.45) is 0 Å². The third-order valence-corrected chi connectivity index (χ3v) is 6.60. The fourth-order valence-corrected chi connectivity index (χ4v) is 4.30. The van der Waals surface area contributed by atoms with E-state index in [1.807, 2.05) is 30.1 Å². The normalized spacial score (nSPS) is 15.0. The molecule has 1 atom stereocenters. The van der Waals surface area contributed by atoms with Gasteiger partial charge in [0.1, 0.15) is 24.2 Å². The van der Waals surface area contributed by atoms with E-state index in [9.17, 15) is 15.2 Å². The van der Waals surface area contributed by atoms with Crippen molar-refractivity contribution in [3.63, 3.8) is 0 Å². The number of aliphatic hydroxyl groups is 1. The number of nitrogens with one attached hydrogen (secondary N) is 1. The van der Waals surface area contributed by atoms with Gasteiger partial charge in [-0.05, 0) is 52.4 Å². The van der Waals surface area contributed by atoms with Gasteiger partial charge in [0.25, 0.3) is 0 Å². The van der Waals surface area contributed by atoms with Crippen molar-refractivity contribution in [3.05, 3.63) is 42.4 Å². The van der Waals surface area contributed by atoms with Gasteiger partial charge in [0.2, 0.25) is 5.91 Å². The Hall–Kier alpha value is -3.68. The monoisotopic (exact) mass is 505 g/mol. The van der Waals surface area contributed by atoms with Gasteiger partial charge in [-0.2, -0.15) is 10.4 Å². The number of nitriles is 1. The van der Waals surface area contributed by atoms with Crippen molar-refractivity contribution in [3.8, 4) is 22.9 Å². The number of ether oxygens (including phenoxy) is 1. The van der Waals surface area contributed by atoms with Crippen LogP contribution in [0.25, 0.3) is 16.6 Å². The van der Waals surface area contributed by atoms with E-state index in [0.29, 0.717) is 42.4 Å². The number of nitrogens with zero attached hydrogens (tertiary/aromatic N) is 6. The molecule has 0 saturated carbocycles. The van der Waals surface area contributed by atoms with Gasteiger partial charge in [-0.3, -0.25) is 4.79 Å². The molecule has 1 aliphatic heterocycles. The van der Waals surface area contributed by atoms with Crippen LogP contribution in [0, 0.1) is 11.3 Å². The predicted molar refractivity (Wildman–Crippen MR) is 141 cm³/mol. The Bertz CT molecular complexity index is 1270. The van der Waals surface area contributed by atoms with Gasteiger partial charge in [-0.1, -0.05) is 0 Å². The third-order valence-electron chi connectivity index (χ3n) is 6.60. The van der Waals surface area contributed by atoms with E-state index in [0.717, 1.165) is 36.5 Å². The number of hydrogen-bond acceptors (Lipinski definition) is 8.